The minimum absolute atomic E-state index is 0.0426. The molecular formula is C13H20N4O3. The highest BCUT2D eigenvalue weighted by Gasteiger charge is 2.22. The zero-order valence-corrected chi connectivity index (χ0v) is 11.6. The number of carboxylic acids is 1. The van der Waals surface area contributed by atoms with Crippen molar-refractivity contribution in [3.05, 3.63) is 17.7 Å². The lowest BCUT2D eigenvalue weighted by Gasteiger charge is -2.29. The van der Waals surface area contributed by atoms with Crippen molar-refractivity contribution in [3.63, 3.8) is 0 Å². The molecule has 1 aromatic heterocycles. The van der Waals surface area contributed by atoms with Crippen molar-refractivity contribution in [3.8, 4) is 0 Å². The molecule has 0 bridgehead atoms. The van der Waals surface area contributed by atoms with E-state index in [1.54, 1.807) is 0 Å². The number of H-pyrrole nitrogens is 1. The van der Waals surface area contributed by atoms with Crippen molar-refractivity contribution in [2.75, 3.05) is 19.6 Å². The predicted molar refractivity (Wildman–Crippen MR) is 72.8 cm³/mol. The van der Waals surface area contributed by atoms with E-state index in [-0.39, 0.29) is 17.4 Å². The first kappa shape index (κ1) is 14.5. The SMILES string of the molecule is CC(CN1CCCCC1)NC(=O)c1nc[nH]c1C(=O)O. The van der Waals surface area contributed by atoms with E-state index >= 15 is 0 Å². The van der Waals surface area contributed by atoms with Gasteiger partial charge >= 0.3 is 5.97 Å². The number of likely N-dealkylation sites (tertiary alicyclic amines) is 1. The van der Waals surface area contributed by atoms with Gasteiger partial charge < -0.3 is 20.3 Å². The van der Waals surface area contributed by atoms with Crippen LogP contribution >= 0.6 is 0 Å². The van der Waals surface area contributed by atoms with Crippen LogP contribution < -0.4 is 5.32 Å². The van der Waals surface area contributed by atoms with Gasteiger partial charge in [-0.3, -0.25) is 4.79 Å². The van der Waals surface area contributed by atoms with Gasteiger partial charge in [-0.15, -0.1) is 0 Å². The minimum Gasteiger partial charge on any atom is -0.477 e. The van der Waals surface area contributed by atoms with Gasteiger partial charge in [0.05, 0.1) is 6.33 Å². The van der Waals surface area contributed by atoms with Gasteiger partial charge in [-0.05, 0) is 32.9 Å². The number of rotatable bonds is 5. The maximum absolute atomic E-state index is 12.0. The molecule has 1 unspecified atom stereocenters. The van der Waals surface area contributed by atoms with Crippen LogP contribution in [0.25, 0.3) is 0 Å². The average molecular weight is 280 g/mol. The number of piperidine rings is 1. The van der Waals surface area contributed by atoms with Gasteiger partial charge in [0.15, 0.2) is 11.4 Å². The molecule has 7 nitrogen and oxygen atoms in total. The third-order valence-electron chi connectivity index (χ3n) is 3.43. The van der Waals surface area contributed by atoms with E-state index in [0.29, 0.717) is 0 Å². The summed E-state index contributed by atoms with van der Waals surface area (Å²) in [7, 11) is 0. The van der Waals surface area contributed by atoms with Crippen LogP contribution in [0.2, 0.25) is 0 Å². The standard InChI is InChI=1S/C13H20N4O3/c1-9(7-17-5-3-2-4-6-17)16-12(18)10-11(13(19)20)15-8-14-10/h8-9H,2-7H2,1H3,(H,14,15)(H,16,18)(H,19,20). The zero-order chi connectivity index (χ0) is 14.5. The first-order chi connectivity index (χ1) is 9.58. The molecule has 1 amide bonds. The normalized spacial score (nSPS) is 17.6. The Labute approximate surface area is 117 Å². The molecule has 0 saturated carbocycles. The van der Waals surface area contributed by atoms with Crippen molar-refractivity contribution in [1.82, 2.24) is 20.2 Å². The van der Waals surface area contributed by atoms with Gasteiger partial charge in [0.2, 0.25) is 0 Å². The molecule has 1 aliphatic rings. The summed E-state index contributed by atoms with van der Waals surface area (Å²) in [6.07, 6.45) is 4.88. The van der Waals surface area contributed by atoms with Crippen molar-refractivity contribution in [2.24, 2.45) is 0 Å². The Balaban J connectivity index is 1.89. The van der Waals surface area contributed by atoms with Gasteiger partial charge in [-0.25, -0.2) is 9.78 Å². The number of nitrogens with one attached hydrogen (secondary N) is 2. The molecule has 1 aromatic rings. The number of aromatic nitrogens is 2. The van der Waals surface area contributed by atoms with Crippen LogP contribution in [-0.4, -0.2) is 57.5 Å². The lowest BCUT2D eigenvalue weighted by molar-refractivity contribution is 0.0684. The van der Waals surface area contributed by atoms with Crippen LogP contribution in [0.3, 0.4) is 0 Å². The van der Waals surface area contributed by atoms with Crippen molar-refractivity contribution in [2.45, 2.75) is 32.2 Å². The number of hydrogen-bond acceptors (Lipinski definition) is 4. The molecule has 0 aliphatic carbocycles. The van der Waals surface area contributed by atoms with E-state index in [1.165, 1.54) is 25.6 Å². The number of aromatic amines is 1. The van der Waals surface area contributed by atoms with E-state index in [9.17, 15) is 9.59 Å². The van der Waals surface area contributed by atoms with E-state index < -0.39 is 11.9 Å². The maximum atomic E-state index is 12.0. The fraction of sp³-hybridized carbons (Fsp3) is 0.615. The Morgan fingerprint density at radius 2 is 2.15 bits per heavy atom. The van der Waals surface area contributed by atoms with Gasteiger partial charge in [-0.1, -0.05) is 6.42 Å². The molecule has 0 spiro atoms. The third-order valence-corrected chi connectivity index (χ3v) is 3.43. The van der Waals surface area contributed by atoms with Crippen LogP contribution in [0.5, 0.6) is 0 Å². The summed E-state index contributed by atoms with van der Waals surface area (Å²) in [6.45, 7) is 4.81. The van der Waals surface area contributed by atoms with Crippen LogP contribution in [0.15, 0.2) is 6.33 Å². The number of amides is 1. The highest BCUT2D eigenvalue weighted by molar-refractivity contribution is 6.02. The first-order valence-electron chi connectivity index (χ1n) is 6.88. The third kappa shape index (κ3) is 3.57. The summed E-state index contributed by atoms with van der Waals surface area (Å²) in [4.78, 5) is 31.5. The quantitative estimate of drug-likeness (QED) is 0.738. The molecule has 0 aromatic carbocycles. The maximum Gasteiger partial charge on any atom is 0.354 e. The molecule has 2 heterocycles. The Morgan fingerprint density at radius 1 is 1.45 bits per heavy atom. The summed E-state index contributed by atoms with van der Waals surface area (Å²) >= 11 is 0. The Morgan fingerprint density at radius 3 is 2.80 bits per heavy atom. The number of nitrogens with zero attached hydrogens (tertiary/aromatic N) is 2. The summed E-state index contributed by atoms with van der Waals surface area (Å²) in [5, 5.41) is 11.7. The van der Waals surface area contributed by atoms with Crippen LogP contribution in [0.1, 0.15) is 47.2 Å². The molecule has 20 heavy (non-hydrogen) atoms. The minimum atomic E-state index is -1.18. The number of carboxylic acid groups (broad SMARTS) is 1. The smallest absolute Gasteiger partial charge is 0.354 e. The van der Waals surface area contributed by atoms with E-state index in [1.807, 2.05) is 6.92 Å². The summed E-state index contributed by atoms with van der Waals surface area (Å²) in [5.41, 5.74) is -0.240. The molecule has 1 atom stereocenters. The van der Waals surface area contributed by atoms with Gasteiger partial charge in [-0.2, -0.15) is 0 Å². The molecule has 1 saturated heterocycles. The van der Waals surface area contributed by atoms with E-state index in [0.717, 1.165) is 19.6 Å². The van der Waals surface area contributed by atoms with E-state index in [2.05, 4.69) is 20.2 Å². The molecule has 1 aliphatic heterocycles. The fourth-order valence-electron chi connectivity index (χ4n) is 2.50. The number of carbonyl (C=O) groups excluding carboxylic acids is 1. The Hall–Kier alpha value is -1.89. The summed E-state index contributed by atoms with van der Waals surface area (Å²) in [5.74, 6) is -1.63. The number of imidazole rings is 1. The molecular weight excluding hydrogens is 260 g/mol. The van der Waals surface area contributed by atoms with Crippen molar-refractivity contribution < 1.29 is 14.7 Å². The van der Waals surface area contributed by atoms with Gasteiger partial charge in [0, 0.05) is 12.6 Å². The monoisotopic (exact) mass is 280 g/mol. The number of aromatic carboxylic acids is 1. The Bertz CT molecular complexity index is 480. The molecule has 3 N–H and O–H groups in total. The topological polar surface area (TPSA) is 98.3 Å². The van der Waals surface area contributed by atoms with Crippen LogP contribution in [0, 0.1) is 0 Å². The average Bonchev–Trinajstić information content (AvgIpc) is 2.89. The second kappa shape index (κ2) is 6.51. The first-order valence-corrected chi connectivity index (χ1v) is 6.88. The molecule has 2 rings (SSSR count). The second-order valence-electron chi connectivity index (χ2n) is 5.17. The zero-order valence-electron chi connectivity index (χ0n) is 11.6. The van der Waals surface area contributed by atoms with E-state index in [4.69, 9.17) is 5.11 Å². The second-order valence-corrected chi connectivity index (χ2v) is 5.17. The van der Waals surface area contributed by atoms with Crippen molar-refractivity contribution in [1.29, 1.82) is 0 Å². The fourth-order valence-corrected chi connectivity index (χ4v) is 2.50. The molecule has 110 valence electrons. The highest BCUT2D eigenvalue weighted by atomic mass is 16.4. The highest BCUT2D eigenvalue weighted by Crippen LogP contribution is 2.09. The summed E-state index contributed by atoms with van der Waals surface area (Å²) < 4.78 is 0. The summed E-state index contributed by atoms with van der Waals surface area (Å²) in [6, 6.07) is -0.0426. The van der Waals surface area contributed by atoms with Gasteiger partial charge in [0.25, 0.3) is 5.91 Å². The van der Waals surface area contributed by atoms with Crippen LogP contribution in [-0.2, 0) is 0 Å². The largest absolute Gasteiger partial charge is 0.477 e. The lowest BCUT2D eigenvalue weighted by Crippen LogP contribution is -2.44. The Kier molecular flexibility index (Phi) is 4.73. The number of carbonyl (C=O) groups is 2. The predicted octanol–water partition coefficient (Wildman–Crippen LogP) is 0.712. The molecule has 0 radical (unpaired) electrons. The van der Waals surface area contributed by atoms with Crippen LogP contribution in [0.4, 0.5) is 0 Å². The van der Waals surface area contributed by atoms with Crippen molar-refractivity contribution >= 4 is 11.9 Å². The lowest BCUT2D eigenvalue weighted by atomic mass is 10.1. The van der Waals surface area contributed by atoms with Gasteiger partial charge in [0.1, 0.15) is 0 Å². The number of hydrogen-bond donors (Lipinski definition) is 3. The molecule has 7 heteroatoms. The molecule has 1 fully saturated rings.